The minimum atomic E-state index is 0.128. The highest BCUT2D eigenvalue weighted by molar-refractivity contribution is 7.10. The molecule has 0 radical (unpaired) electrons. The van der Waals surface area contributed by atoms with Crippen molar-refractivity contribution in [3.05, 3.63) is 54.7 Å². The van der Waals surface area contributed by atoms with Crippen LogP contribution in [0.25, 0.3) is 0 Å². The van der Waals surface area contributed by atoms with E-state index in [1.807, 2.05) is 25.1 Å². The maximum absolute atomic E-state index is 6.39. The summed E-state index contributed by atoms with van der Waals surface area (Å²) in [5.41, 5.74) is 2.07. The van der Waals surface area contributed by atoms with Crippen LogP contribution in [0.3, 0.4) is 0 Å². The van der Waals surface area contributed by atoms with Crippen molar-refractivity contribution >= 4 is 46.1 Å². The molecule has 1 N–H and O–H groups in total. The topological polar surface area (TPSA) is 12.0 Å². The first-order chi connectivity index (χ1) is 9.54. The van der Waals surface area contributed by atoms with Crippen LogP contribution in [0.1, 0.15) is 29.0 Å². The van der Waals surface area contributed by atoms with Crippen LogP contribution in [0.15, 0.2) is 23.6 Å². The first-order valence-corrected chi connectivity index (χ1v) is 8.45. The Balaban J connectivity index is 2.33. The summed E-state index contributed by atoms with van der Waals surface area (Å²) >= 11 is 20.6. The zero-order valence-corrected chi connectivity index (χ0v) is 14.4. The van der Waals surface area contributed by atoms with Crippen LogP contribution in [0.4, 0.5) is 0 Å². The van der Waals surface area contributed by atoms with E-state index in [9.17, 15) is 0 Å². The molecule has 5 heteroatoms. The minimum Gasteiger partial charge on any atom is -0.309 e. The van der Waals surface area contributed by atoms with Gasteiger partial charge in [-0.3, -0.25) is 0 Å². The third-order valence-corrected chi connectivity index (χ3v) is 5.70. The van der Waals surface area contributed by atoms with E-state index in [4.69, 9.17) is 34.8 Å². The van der Waals surface area contributed by atoms with Gasteiger partial charge in [0.05, 0.1) is 5.02 Å². The molecule has 2 aromatic rings. The Labute approximate surface area is 138 Å². The summed E-state index contributed by atoms with van der Waals surface area (Å²) in [5, 5.41) is 7.78. The Kier molecular flexibility index (Phi) is 5.76. The average Bonchev–Trinajstić information content (AvgIpc) is 2.73. The lowest BCUT2D eigenvalue weighted by Gasteiger charge is -2.19. The number of benzene rings is 1. The summed E-state index contributed by atoms with van der Waals surface area (Å²) in [7, 11) is 0. The van der Waals surface area contributed by atoms with Crippen molar-refractivity contribution in [2.45, 2.75) is 26.3 Å². The molecular weight excluding hydrogens is 333 g/mol. The fraction of sp³-hybridized carbons (Fsp3) is 0.333. The molecule has 0 aliphatic heterocycles. The second-order valence-electron chi connectivity index (χ2n) is 4.61. The second kappa shape index (κ2) is 7.15. The van der Waals surface area contributed by atoms with Crippen molar-refractivity contribution in [2.24, 2.45) is 0 Å². The standard InChI is InChI=1S/C15H16Cl3NS/c1-3-19-13(15-14(18)9(2)8-20-15)7-10-11(16)5-4-6-12(10)17/h4-6,8,13,19H,3,7H2,1-2H3. The Hall–Kier alpha value is -0.250. The molecule has 1 heterocycles. The van der Waals surface area contributed by atoms with E-state index in [0.717, 1.165) is 34.0 Å². The third-order valence-electron chi connectivity index (χ3n) is 3.16. The third kappa shape index (κ3) is 3.49. The van der Waals surface area contributed by atoms with Gasteiger partial charge in [0, 0.05) is 21.0 Å². The molecule has 1 unspecified atom stereocenters. The van der Waals surface area contributed by atoms with Crippen molar-refractivity contribution in [1.29, 1.82) is 0 Å². The fourth-order valence-corrected chi connectivity index (χ4v) is 4.07. The molecule has 0 saturated heterocycles. The van der Waals surface area contributed by atoms with Gasteiger partial charge in [-0.15, -0.1) is 11.3 Å². The molecule has 1 nitrogen and oxygen atoms in total. The second-order valence-corrected chi connectivity index (χ2v) is 6.72. The van der Waals surface area contributed by atoms with Crippen molar-refractivity contribution in [2.75, 3.05) is 6.54 Å². The lowest BCUT2D eigenvalue weighted by atomic mass is 10.0. The van der Waals surface area contributed by atoms with Crippen LogP contribution in [0.2, 0.25) is 15.1 Å². The summed E-state index contributed by atoms with van der Waals surface area (Å²) in [6.07, 6.45) is 0.728. The van der Waals surface area contributed by atoms with E-state index < -0.39 is 0 Å². The van der Waals surface area contributed by atoms with Crippen molar-refractivity contribution in [3.8, 4) is 0 Å². The number of nitrogens with one attached hydrogen (secondary N) is 1. The molecule has 0 fully saturated rings. The van der Waals surface area contributed by atoms with Crippen molar-refractivity contribution < 1.29 is 0 Å². The van der Waals surface area contributed by atoms with E-state index in [1.54, 1.807) is 11.3 Å². The van der Waals surface area contributed by atoms with Crippen molar-refractivity contribution in [3.63, 3.8) is 0 Å². The normalized spacial score (nSPS) is 12.7. The molecule has 2 rings (SSSR count). The molecule has 108 valence electrons. The quantitative estimate of drug-likeness (QED) is 0.708. The van der Waals surface area contributed by atoms with Crippen LogP contribution < -0.4 is 5.32 Å². The molecule has 0 bridgehead atoms. The average molecular weight is 349 g/mol. The smallest absolute Gasteiger partial charge is 0.0590 e. The Morgan fingerprint density at radius 2 is 1.85 bits per heavy atom. The van der Waals surface area contributed by atoms with E-state index in [1.165, 1.54) is 0 Å². The molecule has 1 aromatic heterocycles. The van der Waals surface area contributed by atoms with Gasteiger partial charge in [0.25, 0.3) is 0 Å². The highest BCUT2D eigenvalue weighted by Gasteiger charge is 2.20. The van der Waals surface area contributed by atoms with Gasteiger partial charge in [-0.1, -0.05) is 47.8 Å². The first-order valence-electron chi connectivity index (χ1n) is 6.44. The SMILES string of the molecule is CCNC(Cc1c(Cl)cccc1Cl)c1scc(C)c1Cl. The summed E-state index contributed by atoms with van der Waals surface area (Å²) in [6, 6.07) is 5.72. The number of hydrogen-bond acceptors (Lipinski definition) is 2. The van der Waals surface area contributed by atoms with Gasteiger partial charge >= 0.3 is 0 Å². The number of hydrogen-bond donors (Lipinski definition) is 1. The highest BCUT2D eigenvalue weighted by Crippen LogP contribution is 2.36. The molecule has 20 heavy (non-hydrogen) atoms. The zero-order chi connectivity index (χ0) is 14.7. The number of rotatable bonds is 5. The largest absolute Gasteiger partial charge is 0.309 e. The Morgan fingerprint density at radius 1 is 1.20 bits per heavy atom. The molecule has 0 aliphatic rings. The van der Waals surface area contributed by atoms with E-state index in [-0.39, 0.29) is 6.04 Å². The highest BCUT2D eigenvalue weighted by atomic mass is 35.5. The van der Waals surface area contributed by atoms with Gasteiger partial charge in [-0.05, 0) is 48.5 Å². The summed E-state index contributed by atoms with van der Waals surface area (Å²) in [4.78, 5) is 1.14. The Morgan fingerprint density at radius 3 is 2.35 bits per heavy atom. The fourth-order valence-electron chi connectivity index (χ4n) is 2.12. The maximum atomic E-state index is 6.39. The molecule has 0 aliphatic carbocycles. The molecule has 0 spiro atoms. The van der Waals surface area contributed by atoms with Crippen LogP contribution in [0, 0.1) is 6.92 Å². The summed E-state index contributed by atoms with van der Waals surface area (Å²) in [6.45, 7) is 4.96. The van der Waals surface area contributed by atoms with Gasteiger partial charge in [-0.25, -0.2) is 0 Å². The van der Waals surface area contributed by atoms with Gasteiger partial charge < -0.3 is 5.32 Å². The molecule has 0 saturated carbocycles. The monoisotopic (exact) mass is 347 g/mol. The van der Waals surface area contributed by atoms with Crippen LogP contribution >= 0.6 is 46.1 Å². The van der Waals surface area contributed by atoms with E-state index in [0.29, 0.717) is 10.0 Å². The van der Waals surface area contributed by atoms with Gasteiger partial charge in [0.15, 0.2) is 0 Å². The summed E-state index contributed by atoms with van der Waals surface area (Å²) < 4.78 is 0. The minimum absolute atomic E-state index is 0.128. The van der Waals surface area contributed by atoms with E-state index in [2.05, 4.69) is 17.6 Å². The van der Waals surface area contributed by atoms with Gasteiger partial charge in [0.1, 0.15) is 0 Å². The zero-order valence-electron chi connectivity index (χ0n) is 11.3. The van der Waals surface area contributed by atoms with Crippen LogP contribution in [-0.2, 0) is 6.42 Å². The lowest BCUT2D eigenvalue weighted by molar-refractivity contribution is 0.558. The number of thiophene rings is 1. The summed E-state index contributed by atoms with van der Waals surface area (Å²) in [5.74, 6) is 0. The van der Waals surface area contributed by atoms with E-state index >= 15 is 0 Å². The van der Waals surface area contributed by atoms with Crippen molar-refractivity contribution in [1.82, 2.24) is 5.32 Å². The number of likely N-dealkylation sites (N-methyl/N-ethyl adjacent to an activating group) is 1. The van der Waals surface area contributed by atoms with Gasteiger partial charge in [-0.2, -0.15) is 0 Å². The predicted molar refractivity (Wildman–Crippen MR) is 90.6 cm³/mol. The number of aryl methyl sites for hydroxylation is 1. The molecule has 1 aromatic carbocycles. The predicted octanol–water partition coefficient (Wildman–Crippen LogP) is 5.91. The number of halogens is 3. The first kappa shape index (κ1) is 16.1. The van der Waals surface area contributed by atoms with Gasteiger partial charge in [0.2, 0.25) is 0 Å². The lowest BCUT2D eigenvalue weighted by Crippen LogP contribution is -2.22. The Bertz CT molecular complexity index is 575. The molecule has 1 atom stereocenters. The molecular formula is C15H16Cl3NS. The maximum Gasteiger partial charge on any atom is 0.0590 e. The molecule has 0 amide bonds. The van der Waals surface area contributed by atoms with Crippen LogP contribution in [0.5, 0.6) is 0 Å². The van der Waals surface area contributed by atoms with Crippen LogP contribution in [-0.4, -0.2) is 6.54 Å².